The van der Waals surface area contributed by atoms with Crippen LogP contribution >= 0.6 is 27.5 Å². The number of aromatic nitrogens is 1. The number of nitrogens with zero attached hydrogens (tertiary/aromatic N) is 1. The summed E-state index contributed by atoms with van der Waals surface area (Å²) in [6.07, 6.45) is 2.32. The van der Waals surface area contributed by atoms with Crippen molar-refractivity contribution in [2.75, 3.05) is 11.1 Å². The normalized spacial score (nSPS) is 9.08. The first-order chi connectivity index (χ1) is 6.24. The Morgan fingerprint density at radius 1 is 1.62 bits per heavy atom. The number of hydrogen-bond acceptors (Lipinski definition) is 2. The van der Waals surface area contributed by atoms with Gasteiger partial charge in [-0.15, -0.1) is 0 Å². The molecule has 0 atom stereocenters. The van der Waals surface area contributed by atoms with Crippen LogP contribution in [0, 0.1) is 11.8 Å². The summed E-state index contributed by atoms with van der Waals surface area (Å²) in [4.78, 5) is 4.00. The lowest BCUT2D eigenvalue weighted by Crippen LogP contribution is -1.92. The first-order valence-corrected chi connectivity index (χ1v) is 5.20. The summed E-state index contributed by atoms with van der Waals surface area (Å²) in [5.74, 6) is 5.80. The Morgan fingerprint density at radius 3 is 3.00 bits per heavy atom. The predicted molar refractivity (Wildman–Crippen MR) is 58.9 cm³/mol. The van der Waals surface area contributed by atoms with Gasteiger partial charge in [0.15, 0.2) is 0 Å². The monoisotopic (exact) mass is 258 g/mol. The van der Waals surface area contributed by atoms with Crippen LogP contribution in [-0.2, 0) is 0 Å². The van der Waals surface area contributed by atoms with E-state index in [-0.39, 0.29) is 0 Å². The van der Waals surface area contributed by atoms with Crippen molar-refractivity contribution in [3.63, 3.8) is 0 Å². The molecule has 0 amide bonds. The molecule has 13 heavy (non-hydrogen) atoms. The fourth-order valence-electron chi connectivity index (χ4n) is 0.753. The highest BCUT2D eigenvalue weighted by molar-refractivity contribution is 9.09. The van der Waals surface area contributed by atoms with E-state index < -0.39 is 0 Å². The van der Waals surface area contributed by atoms with Gasteiger partial charge in [0.1, 0.15) is 5.69 Å². The topological polar surface area (TPSA) is 38.9 Å². The van der Waals surface area contributed by atoms with Gasteiger partial charge in [-0.05, 0) is 12.0 Å². The van der Waals surface area contributed by atoms with Crippen LogP contribution in [0.15, 0.2) is 12.3 Å². The minimum absolute atomic E-state index is 0.523. The van der Waals surface area contributed by atoms with Gasteiger partial charge < -0.3 is 5.73 Å². The first-order valence-electron chi connectivity index (χ1n) is 3.70. The van der Waals surface area contributed by atoms with E-state index in [0.29, 0.717) is 16.4 Å². The Kier molecular flexibility index (Phi) is 4.07. The number of alkyl halides is 1. The van der Waals surface area contributed by atoms with Gasteiger partial charge in [0.2, 0.25) is 0 Å². The Hall–Kier alpha value is -0.720. The molecule has 0 aliphatic heterocycles. The molecule has 0 aliphatic carbocycles. The number of pyridine rings is 1. The van der Waals surface area contributed by atoms with Crippen molar-refractivity contribution in [2.24, 2.45) is 0 Å². The molecule has 0 bridgehead atoms. The summed E-state index contributed by atoms with van der Waals surface area (Å²) in [5, 5.41) is 1.39. The van der Waals surface area contributed by atoms with Crippen LogP contribution in [0.1, 0.15) is 12.1 Å². The average molecular weight is 260 g/mol. The van der Waals surface area contributed by atoms with Crippen LogP contribution in [0.3, 0.4) is 0 Å². The number of rotatable bonds is 1. The van der Waals surface area contributed by atoms with E-state index in [1.807, 2.05) is 0 Å². The van der Waals surface area contributed by atoms with Gasteiger partial charge in [-0.2, -0.15) is 0 Å². The number of nitrogen functional groups attached to an aromatic ring is 1. The molecule has 0 unspecified atom stereocenters. The third-order valence-corrected chi connectivity index (χ3v) is 1.91. The van der Waals surface area contributed by atoms with E-state index in [9.17, 15) is 0 Å². The molecule has 0 spiro atoms. The molecule has 1 heterocycles. The fourth-order valence-corrected chi connectivity index (χ4v) is 1.12. The summed E-state index contributed by atoms with van der Waals surface area (Å²) < 4.78 is 0. The molecule has 4 heteroatoms. The van der Waals surface area contributed by atoms with E-state index in [4.69, 9.17) is 17.3 Å². The summed E-state index contributed by atoms with van der Waals surface area (Å²) >= 11 is 8.96. The van der Waals surface area contributed by atoms with Gasteiger partial charge in [0, 0.05) is 17.9 Å². The van der Waals surface area contributed by atoms with Gasteiger partial charge in [-0.25, -0.2) is 4.98 Å². The van der Waals surface area contributed by atoms with Crippen molar-refractivity contribution >= 4 is 33.2 Å². The second-order valence-electron chi connectivity index (χ2n) is 2.33. The maximum Gasteiger partial charge on any atom is 0.136 e. The van der Waals surface area contributed by atoms with Crippen molar-refractivity contribution in [2.45, 2.75) is 6.42 Å². The lowest BCUT2D eigenvalue weighted by Gasteiger charge is -1.96. The summed E-state index contributed by atoms with van der Waals surface area (Å²) in [6, 6.07) is 1.65. The molecule has 1 aromatic rings. The van der Waals surface area contributed by atoms with Crippen LogP contribution < -0.4 is 5.73 Å². The van der Waals surface area contributed by atoms with E-state index in [2.05, 4.69) is 32.8 Å². The Morgan fingerprint density at radius 2 is 2.38 bits per heavy atom. The Bertz CT molecular complexity index is 354. The van der Waals surface area contributed by atoms with Crippen molar-refractivity contribution in [1.29, 1.82) is 0 Å². The van der Waals surface area contributed by atoms with Gasteiger partial charge in [0.25, 0.3) is 0 Å². The second-order valence-corrected chi connectivity index (χ2v) is 3.56. The lowest BCUT2D eigenvalue weighted by atomic mass is 10.3. The highest BCUT2D eigenvalue weighted by atomic mass is 79.9. The minimum Gasteiger partial charge on any atom is -0.396 e. The molecular weight excluding hydrogens is 251 g/mol. The fraction of sp³-hybridized carbons (Fsp3) is 0.222. The molecule has 0 saturated carbocycles. The second kappa shape index (κ2) is 5.11. The number of anilines is 1. The molecule has 68 valence electrons. The zero-order valence-electron chi connectivity index (χ0n) is 6.85. The molecular formula is C9H8BrClN2. The standard InChI is InChI=1S/C9H8BrClN2/c10-4-2-1-3-9-8(12)5-7(11)6-13-9/h5-6H,2,4,12H2. The summed E-state index contributed by atoms with van der Waals surface area (Å²) in [6.45, 7) is 0. The highest BCUT2D eigenvalue weighted by Crippen LogP contribution is 2.13. The van der Waals surface area contributed by atoms with Crippen LogP contribution in [0.25, 0.3) is 0 Å². The van der Waals surface area contributed by atoms with E-state index in [1.165, 1.54) is 6.20 Å². The molecule has 1 aromatic heterocycles. The summed E-state index contributed by atoms with van der Waals surface area (Å²) in [5.41, 5.74) is 6.75. The number of nitrogens with two attached hydrogens (primary N) is 1. The maximum atomic E-state index is 5.68. The van der Waals surface area contributed by atoms with Gasteiger partial charge in [0.05, 0.1) is 10.7 Å². The molecule has 1 rings (SSSR count). The number of halogens is 2. The lowest BCUT2D eigenvalue weighted by molar-refractivity contribution is 1.28. The zero-order chi connectivity index (χ0) is 9.68. The van der Waals surface area contributed by atoms with Gasteiger partial charge in [-0.3, -0.25) is 0 Å². The molecule has 0 aromatic carbocycles. The third-order valence-electron chi connectivity index (χ3n) is 1.31. The van der Waals surface area contributed by atoms with Crippen molar-refractivity contribution in [1.82, 2.24) is 4.98 Å². The average Bonchev–Trinajstić information content (AvgIpc) is 2.09. The quantitative estimate of drug-likeness (QED) is 0.621. The van der Waals surface area contributed by atoms with Gasteiger partial charge >= 0.3 is 0 Å². The largest absolute Gasteiger partial charge is 0.396 e. The molecule has 2 nitrogen and oxygen atoms in total. The number of hydrogen-bond donors (Lipinski definition) is 1. The molecule has 0 aliphatic rings. The first kappa shape index (κ1) is 10.4. The van der Waals surface area contributed by atoms with Crippen LogP contribution in [-0.4, -0.2) is 10.3 Å². The highest BCUT2D eigenvalue weighted by Gasteiger charge is 1.96. The van der Waals surface area contributed by atoms with Crippen LogP contribution in [0.2, 0.25) is 5.02 Å². The maximum absolute atomic E-state index is 5.68. The zero-order valence-corrected chi connectivity index (χ0v) is 9.19. The molecule has 0 radical (unpaired) electrons. The molecule has 0 fully saturated rings. The van der Waals surface area contributed by atoms with E-state index >= 15 is 0 Å². The SMILES string of the molecule is Nc1cc(Cl)cnc1C#CCCBr. The Balaban J connectivity index is 2.85. The van der Waals surface area contributed by atoms with E-state index in [0.717, 1.165) is 11.8 Å². The Labute approximate surface area is 90.6 Å². The van der Waals surface area contributed by atoms with Crippen LogP contribution in [0.4, 0.5) is 5.69 Å². The van der Waals surface area contributed by atoms with Crippen molar-refractivity contribution < 1.29 is 0 Å². The van der Waals surface area contributed by atoms with Gasteiger partial charge in [-0.1, -0.05) is 33.5 Å². The molecule has 2 N–H and O–H groups in total. The molecule has 0 saturated heterocycles. The van der Waals surface area contributed by atoms with Crippen molar-refractivity contribution in [3.8, 4) is 11.8 Å². The van der Waals surface area contributed by atoms with Crippen molar-refractivity contribution in [3.05, 3.63) is 23.0 Å². The van der Waals surface area contributed by atoms with E-state index in [1.54, 1.807) is 6.07 Å². The summed E-state index contributed by atoms with van der Waals surface area (Å²) in [7, 11) is 0. The predicted octanol–water partition coefficient (Wildman–Crippen LogP) is 2.45. The minimum atomic E-state index is 0.523. The third kappa shape index (κ3) is 3.25. The smallest absolute Gasteiger partial charge is 0.136 e. The van der Waals surface area contributed by atoms with Crippen LogP contribution in [0.5, 0.6) is 0 Å².